The first kappa shape index (κ1) is 13.6. The van der Waals surface area contributed by atoms with Crippen LogP contribution in [-0.4, -0.2) is 14.7 Å². The van der Waals surface area contributed by atoms with Crippen LogP contribution in [-0.2, 0) is 6.54 Å². The Kier molecular flexibility index (Phi) is 4.43. The Balaban J connectivity index is 2.38. The lowest BCUT2D eigenvalue weighted by Gasteiger charge is -2.15. The number of hydrogen-bond acceptors (Lipinski definition) is 2. The van der Waals surface area contributed by atoms with Gasteiger partial charge in [0.2, 0.25) is 0 Å². The number of aryl methyl sites for hydroxylation is 1. The summed E-state index contributed by atoms with van der Waals surface area (Å²) in [6.07, 6.45) is 3.74. The van der Waals surface area contributed by atoms with E-state index in [-0.39, 0.29) is 0 Å². The van der Waals surface area contributed by atoms with Gasteiger partial charge in [-0.2, -0.15) is 0 Å². The molecule has 0 fully saturated rings. The van der Waals surface area contributed by atoms with Crippen molar-refractivity contribution in [3.8, 4) is 0 Å². The average Bonchev–Trinajstić information content (AvgIpc) is 2.80. The number of hydrogen-bond donors (Lipinski definition) is 1. The highest BCUT2D eigenvalue weighted by Crippen LogP contribution is 2.32. The number of aromatic nitrogens is 2. The van der Waals surface area contributed by atoms with Gasteiger partial charge in [-0.05, 0) is 28.4 Å². The van der Waals surface area contributed by atoms with E-state index in [1.807, 2.05) is 29.0 Å². The monoisotopic (exact) mass is 328 g/mol. The van der Waals surface area contributed by atoms with Crippen LogP contribution in [0.1, 0.15) is 30.8 Å². The van der Waals surface area contributed by atoms with Crippen molar-refractivity contribution in [1.82, 2.24) is 9.55 Å². The molecule has 0 aliphatic rings. The molecule has 3 nitrogen and oxygen atoms in total. The summed E-state index contributed by atoms with van der Waals surface area (Å²) in [7, 11) is 0. The van der Waals surface area contributed by atoms with E-state index >= 15 is 0 Å². The van der Waals surface area contributed by atoms with Gasteiger partial charge in [0.25, 0.3) is 0 Å². The minimum Gasteiger partial charge on any atom is -0.380 e. The molecular formula is C13H14BrClN2O. The standard InChI is InChI=1S/C13H14BrClN2O/c1-2-7-17-8-6-16-13(17)12(18)9-4-3-5-10(14)11(9)15/h3-6,8,12,18H,2,7H2,1H3. The lowest BCUT2D eigenvalue weighted by molar-refractivity contribution is 0.204. The maximum absolute atomic E-state index is 10.4. The van der Waals surface area contributed by atoms with Gasteiger partial charge in [0.15, 0.2) is 0 Å². The molecule has 0 radical (unpaired) electrons. The van der Waals surface area contributed by atoms with E-state index in [0.29, 0.717) is 16.4 Å². The molecule has 2 rings (SSSR count). The first-order chi connectivity index (χ1) is 8.65. The summed E-state index contributed by atoms with van der Waals surface area (Å²) in [5.74, 6) is 0.622. The quantitative estimate of drug-likeness (QED) is 0.926. The molecule has 0 aliphatic heterocycles. The molecule has 1 N–H and O–H groups in total. The summed E-state index contributed by atoms with van der Waals surface area (Å²) in [5, 5.41) is 10.9. The Morgan fingerprint density at radius 3 is 3.00 bits per heavy atom. The van der Waals surface area contributed by atoms with Gasteiger partial charge in [0.1, 0.15) is 11.9 Å². The molecule has 0 saturated heterocycles. The largest absolute Gasteiger partial charge is 0.380 e. The second kappa shape index (κ2) is 5.87. The minimum atomic E-state index is -0.809. The maximum atomic E-state index is 10.4. The fourth-order valence-corrected chi connectivity index (χ4v) is 2.48. The molecule has 1 heterocycles. The number of benzene rings is 1. The zero-order valence-corrected chi connectivity index (χ0v) is 12.3. The van der Waals surface area contributed by atoms with Gasteiger partial charge in [0, 0.05) is 29.0 Å². The summed E-state index contributed by atoms with van der Waals surface area (Å²) in [6.45, 7) is 2.92. The molecule has 18 heavy (non-hydrogen) atoms. The Morgan fingerprint density at radius 1 is 1.50 bits per heavy atom. The van der Waals surface area contributed by atoms with Crippen LogP contribution in [0.3, 0.4) is 0 Å². The van der Waals surface area contributed by atoms with Crippen LogP contribution in [0.15, 0.2) is 35.1 Å². The number of nitrogens with zero attached hydrogens (tertiary/aromatic N) is 2. The van der Waals surface area contributed by atoms with E-state index < -0.39 is 6.10 Å². The highest BCUT2D eigenvalue weighted by atomic mass is 79.9. The summed E-state index contributed by atoms with van der Waals surface area (Å²) < 4.78 is 2.72. The number of aliphatic hydroxyl groups is 1. The van der Waals surface area contributed by atoms with E-state index in [0.717, 1.165) is 17.4 Å². The maximum Gasteiger partial charge on any atom is 0.142 e. The van der Waals surface area contributed by atoms with Crippen molar-refractivity contribution in [2.75, 3.05) is 0 Å². The molecule has 0 spiro atoms. The predicted octanol–water partition coefficient (Wildman–Crippen LogP) is 3.79. The second-order valence-electron chi connectivity index (χ2n) is 4.02. The predicted molar refractivity (Wildman–Crippen MR) is 75.7 cm³/mol. The highest BCUT2D eigenvalue weighted by molar-refractivity contribution is 9.10. The molecule has 0 bridgehead atoms. The van der Waals surface area contributed by atoms with Crippen LogP contribution in [0.4, 0.5) is 0 Å². The summed E-state index contributed by atoms with van der Waals surface area (Å²) >= 11 is 9.55. The van der Waals surface area contributed by atoms with Gasteiger partial charge in [0.05, 0.1) is 5.02 Å². The SMILES string of the molecule is CCCn1ccnc1C(O)c1cccc(Br)c1Cl. The molecule has 1 aromatic carbocycles. The van der Waals surface area contributed by atoms with Gasteiger partial charge in [-0.1, -0.05) is 30.7 Å². The zero-order chi connectivity index (χ0) is 13.1. The minimum absolute atomic E-state index is 0.524. The van der Waals surface area contributed by atoms with E-state index in [2.05, 4.69) is 27.8 Å². The van der Waals surface area contributed by atoms with Crippen LogP contribution < -0.4 is 0 Å². The van der Waals surface area contributed by atoms with Crippen molar-refractivity contribution < 1.29 is 5.11 Å². The lowest BCUT2D eigenvalue weighted by atomic mass is 10.1. The fraction of sp³-hybridized carbons (Fsp3) is 0.308. The van der Waals surface area contributed by atoms with Crippen molar-refractivity contribution in [2.24, 2.45) is 0 Å². The molecule has 2 aromatic rings. The third-order valence-electron chi connectivity index (χ3n) is 2.73. The van der Waals surface area contributed by atoms with Crippen molar-refractivity contribution in [1.29, 1.82) is 0 Å². The van der Waals surface area contributed by atoms with Gasteiger partial charge < -0.3 is 9.67 Å². The molecule has 1 atom stereocenters. The highest BCUT2D eigenvalue weighted by Gasteiger charge is 2.19. The average molecular weight is 330 g/mol. The van der Waals surface area contributed by atoms with E-state index in [9.17, 15) is 5.11 Å². The Hall–Kier alpha value is -0.840. The van der Waals surface area contributed by atoms with Crippen molar-refractivity contribution in [3.05, 3.63) is 51.5 Å². The third-order valence-corrected chi connectivity index (χ3v) is 4.04. The van der Waals surface area contributed by atoms with Crippen LogP contribution >= 0.6 is 27.5 Å². The Morgan fingerprint density at radius 2 is 2.28 bits per heavy atom. The van der Waals surface area contributed by atoms with Crippen LogP contribution in [0, 0.1) is 0 Å². The Bertz CT molecular complexity index is 542. The molecule has 0 aliphatic carbocycles. The molecule has 0 saturated carbocycles. The molecule has 1 unspecified atom stereocenters. The molecule has 0 amide bonds. The molecule has 1 aromatic heterocycles. The van der Waals surface area contributed by atoms with Crippen LogP contribution in [0.25, 0.3) is 0 Å². The van der Waals surface area contributed by atoms with Crippen molar-refractivity contribution in [2.45, 2.75) is 26.0 Å². The van der Waals surface area contributed by atoms with Gasteiger partial charge in [-0.15, -0.1) is 0 Å². The molecular weight excluding hydrogens is 316 g/mol. The lowest BCUT2D eigenvalue weighted by Crippen LogP contribution is -2.10. The normalized spacial score (nSPS) is 12.7. The van der Waals surface area contributed by atoms with Gasteiger partial charge in [-0.25, -0.2) is 4.98 Å². The van der Waals surface area contributed by atoms with E-state index in [1.54, 1.807) is 6.20 Å². The van der Waals surface area contributed by atoms with Crippen LogP contribution in [0.5, 0.6) is 0 Å². The number of imidazole rings is 1. The first-order valence-electron chi connectivity index (χ1n) is 5.78. The number of halogens is 2. The van der Waals surface area contributed by atoms with Gasteiger partial charge >= 0.3 is 0 Å². The summed E-state index contributed by atoms with van der Waals surface area (Å²) in [5.41, 5.74) is 0.662. The van der Waals surface area contributed by atoms with E-state index in [1.165, 1.54) is 0 Å². The second-order valence-corrected chi connectivity index (χ2v) is 5.26. The number of rotatable bonds is 4. The fourth-order valence-electron chi connectivity index (χ4n) is 1.87. The molecule has 5 heteroatoms. The summed E-state index contributed by atoms with van der Waals surface area (Å²) in [6, 6.07) is 5.50. The molecule has 96 valence electrons. The third kappa shape index (κ3) is 2.60. The van der Waals surface area contributed by atoms with Crippen molar-refractivity contribution in [3.63, 3.8) is 0 Å². The Labute approximate surface area is 120 Å². The van der Waals surface area contributed by atoms with E-state index in [4.69, 9.17) is 11.6 Å². The first-order valence-corrected chi connectivity index (χ1v) is 6.95. The van der Waals surface area contributed by atoms with Crippen LogP contribution in [0.2, 0.25) is 5.02 Å². The number of aliphatic hydroxyl groups excluding tert-OH is 1. The van der Waals surface area contributed by atoms with Gasteiger partial charge in [-0.3, -0.25) is 0 Å². The topological polar surface area (TPSA) is 38.0 Å². The summed E-state index contributed by atoms with van der Waals surface area (Å²) in [4.78, 5) is 4.22. The zero-order valence-electron chi connectivity index (χ0n) is 9.98. The smallest absolute Gasteiger partial charge is 0.142 e. The van der Waals surface area contributed by atoms with Crippen molar-refractivity contribution >= 4 is 27.5 Å².